The van der Waals surface area contributed by atoms with E-state index in [2.05, 4.69) is 10.0 Å². The summed E-state index contributed by atoms with van der Waals surface area (Å²) in [5.74, 6) is -0.0455. The predicted octanol–water partition coefficient (Wildman–Crippen LogP) is -0.634. The number of benzene rings is 1. The Kier molecular flexibility index (Phi) is 5.41. The lowest BCUT2D eigenvalue weighted by molar-refractivity contribution is -0.122. The van der Waals surface area contributed by atoms with Crippen molar-refractivity contribution in [1.29, 1.82) is 0 Å². The molecule has 1 saturated heterocycles. The van der Waals surface area contributed by atoms with Gasteiger partial charge in [0.1, 0.15) is 0 Å². The van der Waals surface area contributed by atoms with Crippen LogP contribution in [0.15, 0.2) is 27.9 Å². The zero-order chi connectivity index (χ0) is 19.8. The Balaban J connectivity index is 1.72. The summed E-state index contributed by atoms with van der Waals surface area (Å²) in [6.07, 6.45) is 1.28. The average molecular weight is 395 g/mol. The van der Waals surface area contributed by atoms with Crippen LogP contribution in [0.2, 0.25) is 0 Å². The van der Waals surface area contributed by atoms with Gasteiger partial charge in [0.25, 0.3) is 0 Å². The summed E-state index contributed by atoms with van der Waals surface area (Å²) in [5.41, 5.74) is 1.06. The highest BCUT2D eigenvalue weighted by Crippen LogP contribution is 2.19. The lowest BCUT2D eigenvalue weighted by Gasteiger charge is -2.31. The number of aryl methyl sites for hydroxylation is 2. The molecule has 9 nitrogen and oxygen atoms in total. The number of likely N-dealkylation sites (tertiary alicyclic amines) is 1. The highest BCUT2D eigenvalue weighted by atomic mass is 32.2. The fourth-order valence-corrected chi connectivity index (χ4v) is 4.76. The molecule has 0 saturated carbocycles. The molecular formula is C17H25N5O4S. The van der Waals surface area contributed by atoms with Gasteiger partial charge in [-0.2, -0.15) is 0 Å². The molecule has 1 fully saturated rings. The molecule has 0 atom stereocenters. The number of sulfonamides is 1. The van der Waals surface area contributed by atoms with Gasteiger partial charge in [-0.1, -0.05) is 0 Å². The van der Waals surface area contributed by atoms with Gasteiger partial charge in [-0.25, -0.2) is 17.9 Å². The van der Waals surface area contributed by atoms with Crippen LogP contribution in [0.1, 0.15) is 12.8 Å². The zero-order valence-corrected chi connectivity index (χ0v) is 16.5. The van der Waals surface area contributed by atoms with Crippen molar-refractivity contribution in [2.75, 3.05) is 26.7 Å². The summed E-state index contributed by atoms with van der Waals surface area (Å²) in [5, 5.41) is 2.59. The molecule has 2 heterocycles. The van der Waals surface area contributed by atoms with Crippen LogP contribution in [-0.2, 0) is 28.9 Å². The molecule has 148 valence electrons. The Morgan fingerprint density at radius 3 is 2.41 bits per heavy atom. The van der Waals surface area contributed by atoms with Crippen molar-refractivity contribution in [2.24, 2.45) is 14.1 Å². The molecule has 3 rings (SSSR count). The van der Waals surface area contributed by atoms with Crippen LogP contribution in [0, 0.1) is 0 Å². The van der Waals surface area contributed by atoms with Gasteiger partial charge in [0.2, 0.25) is 15.9 Å². The minimum atomic E-state index is -3.69. The maximum Gasteiger partial charge on any atom is 0.328 e. The van der Waals surface area contributed by atoms with Crippen molar-refractivity contribution in [2.45, 2.75) is 23.8 Å². The van der Waals surface area contributed by atoms with Crippen LogP contribution in [-0.4, -0.2) is 61.1 Å². The summed E-state index contributed by atoms with van der Waals surface area (Å²) >= 11 is 0. The number of aromatic nitrogens is 2. The Hall–Kier alpha value is -2.17. The Bertz CT molecular complexity index is 1020. The van der Waals surface area contributed by atoms with Crippen molar-refractivity contribution in [3.8, 4) is 0 Å². The molecule has 0 radical (unpaired) electrons. The largest absolute Gasteiger partial charge is 0.358 e. The number of carbonyl (C=O) groups excluding carboxylic acids is 1. The third kappa shape index (κ3) is 3.92. The van der Waals surface area contributed by atoms with Gasteiger partial charge in [-0.05, 0) is 31.0 Å². The van der Waals surface area contributed by atoms with Crippen LogP contribution in [0.4, 0.5) is 0 Å². The number of likely N-dealkylation sites (N-methyl/N-ethyl adjacent to an activating group) is 1. The molecule has 0 spiro atoms. The quantitative estimate of drug-likeness (QED) is 0.701. The number of nitrogens with zero attached hydrogens (tertiary/aromatic N) is 3. The number of nitrogens with one attached hydrogen (secondary N) is 2. The lowest BCUT2D eigenvalue weighted by Crippen LogP contribution is -2.47. The molecule has 0 unspecified atom stereocenters. The molecule has 0 bridgehead atoms. The normalized spacial score (nSPS) is 16.7. The van der Waals surface area contributed by atoms with Crippen molar-refractivity contribution in [3.63, 3.8) is 0 Å². The molecule has 1 amide bonds. The van der Waals surface area contributed by atoms with E-state index < -0.39 is 10.0 Å². The molecule has 2 N–H and O–H groups in total. The van der Waals surface area contributed by atoms with Crippen molar-refractivity contribution >= 4 is 27.0 Å². The van der Waals surface area contributed by atoms with E-state index in [9.17, 15) is 18.0 Å². The Morgan fingerprint density at radius 2 is 1.78 bits per heavy atom. The minimum absolute atomic E-state index is 0.0455. The molecule has 1 aromatic carbocycles. The highest BCUT2D eigenvalue weighted by molar-refractivity contribution is 7.89. The van der Waals surface area contributed by atoms with E-state index in [0.717, 1.165) is 0 Å². The first-order chi connectivity index (χ1) is 12.7. The van der Waals surface area contributed by atoms with Gasteiger partial charge in [-0.15, -0.1) is 0 Å². The zero-order valence-electron chi connectivity index (χ0n) is 15.7. The fraction of sp³-hybridized carbons (Fsp3) is 0.529. The third-order valence-corrected chi connectivity index (χ3v) is 6.63. The summed E-state index contributed by atoms with van der Waals surface area (Å²) in [6, 6.07) is 4.52. The SMILES string of the molecule is CNC(=O)CN1CCC(NS(=O)(=O)c2ccc3c(c2)n(C)c(=O)n3C)CC1. The molecule has 0 aliphatic carbocycles. The van der Waals surface area contributed by atoms with Gasteiger partial charge in [0, 0.05) is 40.3 Å². The molecule has 1 aliphatic heterocycles. The number of hydrogen-bond donors (Lipinski definition) is 2. The smallest absolute Gasteiger partial charge is 0.328 e. The van der Waals surface area contributed by atoms with E-state index in [1.54, 1.807) is 27.2 Å². The molecule has 1 aliphatic rings. The number of imidazole rings is 1. The van der Waals surface area contributed by atoms with Crippen LogP contribution in [0.5, 0.6) is 0 Å². The van der Waals surface area contributed by atoms with Crippen LogP contribution in [0.25, 0.3) is 11.0 Å². The van der Waals surface area contributed by atoms with Gasteiger partial charge < -0.3 is 5.32 Å². The summed E-state index contributed by atoms with van der Waals surface area (Å²) < 4.78 is 31.2. The third-order valence-electron chi connectivity index (χ3n) is 5.11. The highest BCUT2D eigenvalue weighted by Gasteiger charge is 2.26. The average Bonchev–Trinajstić information content (AvgIpc) is 2.87. The van der Waals surface area contributed by atoms with E-state index in [-0.39, 0.29) is 22.5 Å². The maximum absolute atomic E-state index is 12.8. The number of carbonyl (C=O) groups is 1. The lowest BCUT2D eigenvalue weighted by atomic mass is 10.1. The molecular weight excluding hydrogens is 370 g/mol. The Labute approximate surface area is 158 Å². The van der Waals surface area contributed by atoms with Crippen molar-refractivity contribution in [3.05, 3.63) is 28.7 Å². The van der Waals surface area contributed by atoms with Crippen LogP contribution in [0.3, 0.4) is 0 Å². The van der Waals surface area contributed by atoms with E-state index in [1.165, 1.54) is 21.3 Å². The van der Waals surface area contributed by atoms with Gasteiger partial charge >= 0.3 is 5.69 Å². The maximum atomic E-state index is 12.8. The molecule has 1 aromatic heterocycles. The summed E-state index contributed by atoms with van der Waals surface area (Å²) in [4.78, 5) is 25.6. The predicted molar refractivity (Wildman–Crippen MR) is 102 cm³/mol. The summed E-state index contributed by atoms with van der Waals surface area (Å²) in [7, 11) is 1.19. The molecule has 10 heteroatoms. The first kappa shape index (κ1) is 19.6. The second-order valence-electron chi connectivity index (χ2n) is 6.90. The monoisotopic (exact) mass is 395 g/mol. The topological polar surface area (TPSA) is 105 Å². The molecule has 27 heavy (non-hydrogen) atoms. The first-order valence-corrected chi connectivity index (χ1v) is 10.3. The number of amides is 1. The van der Waals surface area contributed by atoms with E-state index in [4.69, 9.17) is 0 Å². The van der Waals surface area contributed by atoms with Crippen molar-refractivity contribution < 1.29 is 13.2 Å². The van der Waals surface area contributed by atoms with Gasteiger partial charge in [0.15, 0.2) is 0 Å². The minimum Gasteiger partial charge on any atom is -0.358 e. The summed E-state index contributed by atoms with van der Waals surface area (Å²) in [6.45, 7) is 1.65. The van der Waals surface area contributed by atoms with Crippen LogP contribution >= 0.6 is 0 Å². The van der Waals surface area contributed by atoms with Crippen molar-refractivity contribution in [1.82, 2.24) is 24.1 Å². The number of rotatable bonds is 5. The Morgan fingerprint density at radius 1 is 1.15 bits per heavy atom. The van der Waals surface area contributed by atoms with Gasteiger partial charge in [-0.3, -0.25) is 18.8 Å². The second-order valence-corrected chi connectivity index (χ2v) is 8.61. The van der Waals surface area contributed by atoms with E-state index >= 15 is 0 Å². The van der Waals surface area contributed by atoms with E-state index in [1.807, 2.05) is 4.90 Å². The van der Waals surface area contributed by atoms with E-state index in [0.29, 0.717) is 43.5 Å². The van der Waals surface area contributed by atoms with Gasteiger partial charge in [0.05, 0.1) is 22.5 Å². The fourth-order valence-electron chi connectivity index (χ4n) is 3.43. The molecule has 2 aromatic rings. The number of piperidine rings is 1. The number of fused-ring (bicyclic) bond motifs is 1. The second kappa shape index (κ2) is 7.45. The number of hydrogen-bond acceptors (Lipinski definition) is 5. The standard InChI is InChI=1S/C17H25N5O4S/c1-18-16(23)11-22-8-6-12(7-9-22)19-27(25,26)13-4-5-14-15(10-13)21(3)17(24)20(14)2/h4-5,10,12,19H,6-9,11H2,1-3H3,(H,18,23). The first-order valence-electron chi connectivity index (χ1n) is 8.83. The van der Waals surface area contributed by atoms with Crippen LogP contribution < -0.4 is 15.7 Å².